The van der Waals surface area contributed by atoms with E-state index in [0.29, 0.717) is 11.8 Å². The van der Waals surface area contributed by atoms with Crippen LogP contribution < -0.4 is 5.32 Å². The van der Waals surface area contributed by atoms with Crippen LogP contribution in [0.25, 0.3) is 0 Å². The number of fused-ring (bicyclic) bond motifs is 1. The van der Waals surface area contributed by atoms with E-state index in [1.54, 1.807) is 0 Å². The van der Waals surface area contributed by atoms with Crippen molar-refractivity contribution in [2.45, 2.75) is 25.9 Å². The van der Waals surface area contributed by atoms with Gasteiger partial charge in [0.2, 0.25) is 0 Å². The van der Waals surface area contributed by atoms with Gasteiger partial charge in [0, 0.05) is 38.4 Å². The zero-order valence-corrected chi connectivity index (χ0v) is 10.5. The highest BCUT2D eigenvalue weighted by Crippen LogP contribution is 2.48. The second kappa shape index (κ2) is 4.58. The summed E-state index contributed by atoms with van der Waals surface area (Å²) in [4.78, 5) is 13.5. The van der Waals surface area contributed by atoms with Crippen LogP contribution in [0, 0.1) is 17.8 Å². The van der Waals surface area contributed by atoms with Crippen LogP contribution in [0.3, 0.4) is 0 Å². The van der Waals surface area contributed by atoms with Gasteiger partial charge in [-0.1, -0.05) is 0 Å². The first kappa shape index (κ1) is 11.5. The largest absolute Gasteiger partial charge is 0.462 e. The Bertz CT molecular complexity index is 290. The number of nitrogens with zero attached hydrogens (tertiary/aromatic N) is 1. The Balaban J connectivity index is 1.41. The minimum atomic E-state index is -0.116. The van der Waals surface area contributed by atoms with Crippen molar-refractivity contribution < 1.29 is 9.53 Å². The maximum absolute atomic E-state index is 10.9. The average molecular weight is 238 g/mol. The quantitative estimate of drug-likeness (QED) is 0.726. The summed E-state index contributed by atoms with van der Waals surface area (Å²) in [6.07, 6.45) is 2.88. The molecule has 3 rings (SSSR count). The van der Waals surface area contributed by atoms with Crippen molar-refractivity contribution in [1.29, 1.82) is 0 Å². The number of hydrogen-bond donors (Lipinski definition) is 1. The molecule has 96 valence electrons. The summed E-state index contributed by atoms with van der Waals surface area (Å²) in [6.45, 7) is 7.42. The van der Waals surface area contributed by atoms with Gasteiger partial charge in [-0.3, -0.25) is 4.79 Å². The number of carbonyl (C=O) groups is 1. The first-order valence-corrected chi connectivity index (χ1v) is 6.84. The molecule has 1 aliphatic carbocycles. The maximum Gasteiger partial charge on any atom is 0.302 e. The molecule has 4 heteroatoms. The molecule has 2 saturated heterocycles. The summed E-state index contributed by atoms with van der Waals surface area (Å²) in [5.74, 6) is 2.04. The van der Waals surface area contributed by atoms with Crippen LogP contribution in [-0.2, 0) is 9.53 Å². The third kappa shape index (κ3) is 2.47. The van der Waals surface area contributed by atoms with Crippen molar-refractivity contribution in [2.24, 2.45) is 17.8 Å². The molecule has 1 N–H and O–H groups in total. The molecule has 2 heterocycles. The van der Waals surface area contributed by atoms with Crippen molar-refractivity contribution in [3.8, 4) is 0 Å². The van der Waals surface area contributed by atoms with E-state index in [1.165, 1.54) is 39.4 Å². The molecule has 0 spiro atoms. The molecule has 3 aliphatic rings. The standard InChI is InChI=1S/C13H22N2O2/c1-9(16)17-13-11-7-15(8-12(11)13)6-10-2-4-14-5-3-10/h10-14H,2-8H2,1H3/t11-,12+,13?. The van der Waals surface area contributed by atoms with Gasteiger partial charge < -0.3 is 15.0 Å². The third-order valence-corrected chi connectivity index (χ3v) is 4.47. The van der Waals surface area contributed by atoms with Gasteiger partial charge in [0.15, 0.2) is 0 Å². The molecule has 0 aromatic carbocycles. The Hall–Kier alpha value is -0.610. The zero-order chi connectivity index (χ0) is 11.8. The number of esters is 1. The molecular weight excluding hydrogens is 216 g/mol. The van der Waals surface area contributed by atoms with Crippen LogP contribution >= 0.6 is 0 Å². The van der Waals surface area contributed by atoms with Crippen LogP contribution in [0.5, 0.6) is 0 Å². The lowest BCUT2D eigenvalue weighted by atomic mass is 9.97. The second-order valence-corrected chi connectivity index (χ2v) is 5.81. The Labute approximate surface area is 103 Å². The maximum atomic E-state index is 10.9. The fraction of sp³-hybridized carbons (Fsp3) is 0.923. The molecular formula is C13H22N2O2. The topological polar surface area (TPSA) is 41.6 Å². The summed E-state index contributed by atoms with van der Waals surface area (Å²) in [5, 5.41) is 3.41. The highest BCUT2D eigenvalue weighted by Gasteiger charge is 2.58. The van der Waals surface area contributed by atoms with E-state index in [0.717, 1.165) is 19.0 Å². The van der Waals surface area contributed by atoms with Gasteiger partial charge in [-0.15, -0.1) is 0 Å². The molecule has 2 aliphatic heterocycles. The normalized spacial score (nSPS) is 37.8. The van der Waals surface area contributed by atoms with E-state index in [1.807, 2.05) is 0 Å². The van der Waals surface area contributed by atoms with Crippen molar-refractivity contribution in [3.63, 3.8) is 0 Å². The molecule has 3 atom stereocenters. The number of piperidine rings is 2. The number of nitrogens with one attached hydrogen (secondary N) is 1. The van der Waals surface area contributed by atoms with Crippen LogP contribution in [0.4, 0.5) is 0 Å². The van der Waals surface area contributed by atoms with Gasteiger partial charge in [0.25, 0.3) is 0 Å². The van der Waals surface area contributed by atoms with Gasteiger partial charge in [0.05, 0.1) is 0 Å². The lowest BCUT2D eigenvalue weighted by molar-refractivity contribution is -0.143. The SMILES string of the molecule is CC(=O)OC1[C@H]2CN(CC3CCNCC3)C[C@@H]12. The molecule has 4 nitrogen and oxygen atoms in total. The molecule has 1 saturated carbocycles. The van der Waals surface area contributed by atoms with Crippen molar-refractivity contribution >= 4 is 5.97 Å². The second-order valence-electron chi connectivity index (χ2n) is 5.81. The molecule has 17 heavy (non-hydrogen) atoms. The monoisotopic (exact) mass is 238 g/mol. The van der Waals surface area contributed by atoms with Crippen LogP contribution in [-0.4, -0.2) is 49.7 Å². The lowest BCUT2D eigenvalue weighted by Gasteiger charge is -2.28. The van der Waals surface area contributed by atoms with E-state index in [9.17, 15) is 4.79 Å². The molecule has 0 aromatic heterocycles. The summed E-state index contributed by atoms with van der Waals surface area (Å²) in [7, 11) is 0. The van der Waals surface area contributed by atoms with Gasteiger partial charge in [-0.2, -0.15) is 0 Å². The first-order valence-electron chi connectivity index (χ1n) is 6.84. The predicted molar refractivity (Wildman–Crippen MR) is 64.6 cm³/mol. The number of rotatable bonds is 3. The Morgan fingerprint density at radius 2 is 1.94 bits per heavy atom. The van der Waals surface area contributed by atoms with E-state index in [2.05, 4.69) is 10.2 Å². The summed E-state index contributed by atoms with van der Waals surface area (Å²) in [5.41, 5.74) is 0. The zero-order valence-electron chi connectivity index (χ0n) is 10.5. The summed E-state index contributed by atoms with van der Waals surface area (Å²) < 4.78 is 5.29. The smallest absolute Gasteiger partial charge is 0.302 e. The van der Waals surface area contributed by atoms with Gasteiger partial charge >= 0.3 is 5.97 Å². The molecule has 0 radical (unpaired) electrons. The summed E-state index contributed by atoms with van der Waals surface area (Å²) in [6, 6.07) is 0. The molecule has 0 amide bonds. The van der Waals surface area contributed by atoms with Crippen molar-refractivity contribution in [3.05, 3.63) is 0 Å². The first-order chi connectivity index (χ1) is 8.24. The van der Waals surface area contributed by atoms with Crippen LogP contribution in [0.1, 0.15) is 19.8 Å². The van der Waals surface area contributed by atoms with Crippen LogP contribution in [0.2, 0.25) is 0 Å². The molecule has 0 bridgehead atoms. The summed E-state index contributed by atoms with van der Waals surface area (Å²) >= 11 is 0. The Morgan fingerprint density at radius 3 is 2.53 bits per heavy atom. The van der Waals surface area contributed by atoms with E-state index < -0.39 is 0 Å². The number of ether oxygens (including phenoxy) is 1. The molecule has 1 unspecified atom stereocenters. The molecule has 0 aromatic rings. The highest BCUT2D eigenvalue weighted by molar-refractivity contribution is 5.66. The van der Waals surface area contributed by atoms with Gasteiger partial charge in [-0.25, -0.2) is 0 Å². The fourth-order valence-corrected chi connectivity index (χ4v) is 3.50. The van der Waals surface area contributed by atoms with Gasteiger partial charge in [-0.05, 0) is 31.8 Å². The minimum Gasteiger partial charge on any atom is -0.462 e. The predicted octanol–water partition coefficient (Wildman–Crippen LogP) is 0.479. The third-order valence-electron chi connectivity index (χ3n) is 4.47. The lowest BCUT2D eigenvalue weighted by Crippen LogP contribution is -2.37. The highest BCUT2D eigenvalue weighted by atomic mass is 16.5. The van der Waals surface area contributed by atoms with Gasteiger partial charge in [0.1, 0.15) is 6.10 Å². The average Bonchev–Trinajstić information content (AvgIpc) is 2.74. The van der Waals surface area contributed by atoms with Crippen molar-refractivity contribution in [2.75, 3.05) is 32.7 Å². The van der Waals surface area contributed by atoms with E-state index >= 15 is 0 Å². The van der Waals surface area contributed by atoms with Crippen molar-refractivity contribution in [1.82, 2.24) is 10.2 Å². The van der Waals surface area contributed by atoms with E-state index in [-0.39, 0.29) is 12.1 Å². The number of hydrogen-bond acceptors (Lipinski definition) is 4. The number of carbonyl (C=O) groups excluding carboxylic acids is 1. The Morgan fingerprint density at radius 1 is 1.29 bits per heavy atom. The minimum absolute atomic E-state index is 0.116. The number of likely N-dealkylation sites (tertiary alicyclic amines) is 1. The fourth-order valence-electron chi connectivity index (χ4n) is 3.50. The Kier molecular flexibility index (Phi) is 3.09. The van der Waals surface area contributed by atoms with E-state index in [4.69, 9.17) is 4.74 Å². The molecule has 3 fully saturated rings. The van der Waals surface area contributed by atoms with Crippen LogP contribution in [0.15, 0.2) is 0 Å².